The van der Waals surface area contributed by atoms with E-state index in [1.54, 1.807) is 0 Å². The fourth-order valence-corrected chi connectivity index (χ4v) is 2.13. The molecule has 0 aromatic rings. The van der Waals surface area contributed by atoms with Gasteiger partial charge in [0, 0.05) is 12.6 Å². The molecular weight excluding hydrogens is 174 g/mol. The van der Waals surface area contributed by atoms with E-state index in [9.17, 15) is 5.11 Å². The molecule has 1 aliphatic carbocycles. The molecule has 0 bridgehead atoms. The molecule has 0 aromatic heterocycles. The molecular formula is C12H25NO. The predicted octanol–water partition coefficient (Wildman–Crippen LogP) is 2.17. The summed E-state index contributed by atoms with van der Waals surface area (Å²) in [5, 5.41) is 13.1. The van der Waals surface area contributed by atoms with Gasteiger partial charge in [-0.2, -0.15) is 0 Å². The van der Waals surface area contributed by atoms with Gasteiger partial charge in [-0.1, -0.05) is 13.8 Å². The van der Waals surface area contributed by atoms with E-state index >= 15 is 0 Å². The highest BCUT2D eigenvalue weighted by Crippen LogP contribution is 2.29. The van der Waals surface area contributed by atoms with Gasteiger partial charge in [-0.3, -0.25) is 0 Å². The first-order valence-corrected chi connectivity index (χ1v) is 5.84. The molecule has 1 saturated carbocycles. The maximum Gasteiger partial charge on any atom is 0.0715 e. The van der Waals surface area contributed by atoms with Crippen molar-refractivity contribution < 1.29 is 5.11 Å². The lowest BCUT2D eigenvalue weighted by molar-refractivity contribution is 0.0715. The van der Waals surface area contributed by atoms with Crippen molar-refractivity contribution in [2.75, 3.05) is 6.54 Å². The van der Waals surface area contributed by atoms with Gasteiger partial charge in [-0.15, -0.1) is 0 Å². The van der Waals surface area contributed by atoms with Gasteiger partial charge in [0.05, 0.1) is 5.60 Å². The van der Waals surface area contributed by atoms with E-state index in [0.29, 0.717) is 12.6 Å². The maximum atomic E-state index is 9.60. The number of hydrogen-bond acceptors (Lipinski definition) is 2. The Morgan fingerprint density at radius 1 is 1.21 bits per heavy atom. The van der Waals surface area contributed by atoms with E-state index in [2.05, 4.69) is 19.2 Å². The fourth-order valence-electron chi connectivity index (χ4n) is 2.13. The van der Waals surface area contributed by atoms with Crippen molar-refractivity contribution >= 4 is 0 Å². The molecule has 0 heterocycles. The first-order chi connectivity index (χ1) is 6.38. The summed E-state index contributed by atoms with van der Waals surface area (Å²) in [6.07, 6.45) is 3.85. The summed E-state index contributed by atoms with van der Waals surface area (Å²) < 4.78 is 0. The second-order valence-corrected chi connectivity index (χ2v) is 5.66. The summed E-state index contributed by atoms with van der Waals surface area (Å²) >= 11 is 0. The average Bonchev–Trinajstić information content (AvgIpc) is 2.06. The Labute approximate surface area is 88.1 Å². The Morgan fingerprint density at radius 3 is 2.36 bits per heavy atom. The van der Waals surface area contributed by atoms with Crippen LogP contribution in [0, 0.1) is 11.8 Å². The molecule has 0 aliphatic heterocycles. The highest BCUT2D eigenvalue weighted by Gasteiger charge is 2.25. The van der Waals surface area contributed by atoms with Gasteiger partial charge >= 0.3 is 0 Å². The number of rotatable bonds is 3. The Morgan fingerprint density at radius 2 is 1.86 bits per heavy atom. The van der Waals surface area contributed by atoms with E-state index in [4.69, 9.17) is 0 Å². The van der Waals surface area contributed by atoms with Crippen LogP contribution in [0.5, 0.6) is 0 Å². The molecule has 0 amide bonds. The number of aliphatic hydroxyl groups is 1. The minimum atomic E-state index is -0.577. The highest BCUT2D eigenvalue weighted by molar-refractivity contribution is 4.81. The first kappa shape index (κ1) is 12.0. The Bertz CT molecular complexity index is 174. The van der Waals surface area contributed by atoms with E-state index in [1.807, 2.05) is 13.8 Å². The molecule has 1 aliphatic rings. The van der Waals surface area contributed by atoms with Crippen LogP contribution in [-0.2, 0) is 0 Å². The lowest BCUT2D eigenvalue weighted by Crippen LogP contribution is -2.43. The molecule has 2 N–H and O–H groups in total. The molecule has 2 nitrogen and oxygen atoms in total. The molecule has 0 radical (unpaired) electrons. The van der Waals surface area contributed by atoms with Crippen LogP contribution in [0.4, 0.5) is 0 Å². The molecule has 14 heavy (non-hydrogen) atoms. The third-order valence-corrected chi connectivity index (χ3v) is 3.42. The van der Waals surface area contributed by atoms with Crippen LogP contribution in [-0.4, -0.2) is 23.3 Å². The van der Waals surface area contributed by atoms with Gasteiger partial charge in [-0.25, -0.2) is 0 Å². The second kappa shape index (κ2) is 4.63. The van der Waals surface area contributed by atoms with Crippen LogP contribution in [0.2, 0.25) is 0 Å². The first-order valence-electron chi connectivity index (χ1n) is 5.84. The maximum absolute atomic E-state index is 9.60. The van der Waals surface area contributed by atoms with E-state index < -0.39 is 5.60 Å². The summed E-state index contributed by atoms with van der Waals surface area (Å²) in [6.45, 7) is 9.10. The molecule has 1 fully saturated rings. The van der Waals surface area contributed by atoms with E-state index in [-0.39, 0.29) is 0 Å². The van der Waals surface area contributed by atoms with Crippen molar-refractivity contribution in [2.45, 2.75) is 58.6 Å². The summed E-state index contributed by atoms with van der Waals surface area (Å²) in [4.78, 5) is 0. The third-order valence-electron chi connectivity index (χ3n) is 3.42. The van der Waals surface area contributed by atoms with Crippen LogP contribution >= 0.6 is 0 Å². The summed E-state index contributed by atoms with van der Waals surface area (Å²) in [6, 6.07) is 0.618. The van der Waals surface area contributed by atoms with Gasteiger partial charge in [0.25, 0.3) is 0 Å². The third kappa shape index (κ3) is 3.97. The van der Waals surface area contributed by atoms with Crippen molar-refractivity contribution in [3.05, 3.63) is 0 Å². The lowest BCUT2D eigenvalue weighted by Gasteiger charge is -2.34. The zero-order chi connectivity index (χ0) is 10.8. The fraction of sp³-hybridized carbons (Fsp3) is 1.00. The van der Waals surface area contributed by atoms with E-state index in [0.717, 1.165) is 11.8 Å². The Hall–Kier alpha value is -0.0800. The van der Waals surface area contributed by atoms with Crippen LogP contribution < -0.4 is 5.32 Å². The van der Waals surface area contributed by atoms with Gasteiger partial charge in [0.1, 0.15) is 0 Å². The molecule has 3 atom stereocenters. The molecule has 0 aromatic carbocycles. The predicted molar refractivity (Wildman–Crippen MR) is 60.3 cm³/mol. The van der Waals surface area contributed by atoms with Gasteiger partial charge in [0.2, 0.25) is 0 Å². The highest BCUT2D eigenvalue weighted by atomic mass is 16.3. The van der Waals surface area contributed by atoms with Gasteiger partial charge in [-0.05, 0) is 44.9 Å². The van der Waals surface area contributed by atoms with Crippen LogP contribution in [0.25, 0.3) is 0 Å². The van der Waals surface area contributed by atoms with Crippen molar-refractivity contribution in [1.82, 2.24) is 5.32 Å². The number of hydrogen-bond donors (Lipinski definition) is 2. The zero-order valence-corrected chi connectivity index (χ0v) is 10.0. The number of nitrogens with one attached hydrogen (secondary N) is 1. The smallest absolute Gasteiger partial charge is 0.0715 e. The van der Waals surface area contributed by atoms with Crippen LogP contribution in [0.1, 0.15) is 47.0 Å². The molecule has 0 spiro atoms. The molecule has 84 valence electrons. The molecule has 3 unspecified atom stereocenters. The Kier molecular flexibility index (Phi) is 3.96. The molecule has 0 saturated heterocycles. The van der Waals surface area contributed by atoms with Gasteiger partial charge in [0.15, 0.2) is 0 Å². The summed E-state index contributed by atoms with van der Waals surface area (Å²) in [5.41, 5.74) is -0.577. The van der Waals surface area contributed by atoms with Crippen LogP contribution in [0.3, 0.4) is 0 Å². The SMILES string of the molecule is CC1CCC(NCC(C)(C)O)CC1C. The molecule has 2 heteroatoms. The Balaban J connectivity index is 2.27. The minimum absolute atomic E-state index is 0.577. The van der Waals surface area contributed by atoms with Crippen molar-refractivity contribution in [2.24, 2.45) is 11.8 Å². The average molecular weight is 199 g/mol. The minimum Gasteiger partial charge on any atom is -0.389 e. The largest absolute Gasteiger partial charge is 0.389 e. The standard InChI is InChI=1S/C12H25NO/c1-9-5-6-11(7-10(9)2)13-8-12(3,4)14/h9-11,13-14H,5-8H2,1-4H3. The molecule has 1 rings (SSSR count). The monoisotopic (exact) mass is 199 g/mol. The summed E-state index contributed by atoms with van der Waals surface area (Å²) in [5.74, 6) is 1.69. The van der Waals surface area contributed by atoms with E-state index in [1.165, 1.54) is 19.3 Å². The zero-order valence-electron chi connectivity index (χ0n) is 10.0. The van der Waals surface area contributed by atoms with Crippen LogP contribution in [0.15, 0.2) is 0 Å². The van der Waals surface area contributed by atoms with Gasteiger partial charge < -0.3 is 10.4 Å². The summed E-state index contributed by atoms with van der Waals surface area (Å²) in [7, 11) is 0. The second-order valence-electron chi connectivity index (χ2n) is 5.66. The van der Waals surface area contributed by atoms with Crippen molar-refractivity contribution in [3.63, 3.8) is 0 Å². The van der Waals surface area contributed by atoms with Crippen molar-refractivity contribution in [1.29, 1.82) is 0 Å². The quantitative estimate of drug-likeness (QED) is 0.730. The topological polar surface area (TPSA) is 32.3 Å². The van der Waals surface area contributed by atoms with Crippen molar-refractivity contribution in [3.8, 4) is 0 Å². The lowest BCUT2D eigenvalue weighted by atomic mass is 9.79. The normalized spacial score (nSPS) is 34.5.